The molecule has 4 N–H and O–H groups in total. The standard InChI is InChI=1S/C25H31FN2O4/c26-21(18-8-4-3-5-9-18)17-32-15-7-2-1-6-14-27-16-23(30)19-10-12-22(29)25-20(19)11-13-24(31)28-25/h3-5,8-13,21,23,27,29-30H,1-2,6-7,14-17H2,(H,28,31). The molecule has 0 radical (unpaired) electrons. The maximum atomic E-state index is 14.0. The molecule has 0 bridgehead atoms. The number of aliphatic hydroxyl groups excluding tert-OH is 1. The molecule has 3 rings (SSSR count). The first kappa shape index (κ1) is 23.9. The number of aromatic nitrogens is 1. The summed E-state index contributed by atoms with van der Waals surface area (Å²) in [5, 5.41) is 24.3. The van der Waals surface area contributed by atoms with Gasteiger partial charge in [0, 0.05) is 24.6 Å². The zero-order valence-electron chi connectivity index (χ0n) is 18.1. The molecule has 0 fully saturated rings. The number of H-pyrrole nitrogens is 1. The number of alkyl halides is 1. The molecule has 0 amide bonds. The highest BCUT2D eigenvalue weighted by molar-refractivity contribution is 5.87. The maximum Gasteiger partial charge on any atom is 0.248 e. The van der Waals surface area contributed by atoms with E-state index in [9.17, 15) is 19.4 Å². The number of aliphatic hydroxyl groups is 1. The van der Waals surface area contributed by atoms with E-state index < -0.39 is 12.3 Å². The van der Waals surface area contributed by atoms with E-state index in [4.69, 9.17) is 4.74 Å². The number of rotatable bonds is 13. The number of ether oxygens (including phenoxy) is 1. The first-order valence-electron chi connectivity index (χ1n) is 11.1. The summed E-state index contributed by atoms with van der Waals surface area (Å²) in [6, 6.07) is 15.2. The highest BCUT2D eigenvalue weighted by atomic mass is 19.1. The van der Waals surface area contributed by atoms with Gasteiger partial charge >= 0.3 is 0 Å². The van der Waals surface area contributed by atoms with Gasteiger partial charge in [0.15, 0.2) is 0 Å². The summed E-state index contributed by atoms with van der Waals surface area (Å²) in [6.07, 6.45) is 2.04. The van der Waals surface area contributed by atoms with Crippen LogP contribution in [-0.4, -0.2) is 41.5 Å². The molecule has 0 spiro atoms. The predicted molar refractivity (Wildman–Crippen MR) is 124 cm³/mol. The average molecular weight is 443 g/mol. The number of halogens is 1. The Morgan fingerprint density at radius 1 is 1.00 bits per heavy atom. The summed E-state index contributed by atoms with van der Waals surface area (Å²) in [4.78, 5) is 14.1. The van der Waals surface area contributed by atoms with Crippen LogP contribution in [0.1, 0.15) is 49.1 Å². The minimum absolute atomic E-state index is 0.0207. The molecule has 2 aromatic carbocycles. The van der Waals surface area contributed by atoms with E-state index in [1.807, 2.05) is 18.2 Å². The van der Waals surface area contributed by atoms with Crippen LogP contribution in [0.5, 0.6) is 5.75 Å². The Hall–Kier alpha value is -2.74. The lowest BCUT2D eigenvalue weighted by Gasteiger charge is -2.15. The summed E-state index contributed by atoms with van der Waals surface area (Å²) < 4.78 is 19.4. The fraction of sp³-hybridized carbons (Fsp3) is 0.400. The van der Waals surface area contributed by atoms with Crippen molar-refractivity contribution >= 4 is 10.9 Å². The third kappa shape index (κ3) is 6.88. The highest BCUT2D eigenvalue weighted by Gasteiger charge is 2.13. The number of pyridine rings is 1. The Labute approximate surface area is 187 Å². The van der Waals surface area contributed by atoms with Gasteiger partial charge in [-0.15, -0.1) is 0 Å². The number of fused-ring (bicyclic) bond motifs is 1. The number of hydrogen-bond acceptors (Lipinski definition) is 5. The van der Waals surface area contributed by atoms with Gasteiger partial charge in [0.25, 0.3) is 0 Å². The van der Waals surface area contributed by atoms with Crippen molar-refractivity contribution in [3.8, 4) is 5.75 Å². The minimum Gasteiger partial charge on any atom is -0.506 e. The zero-order valence-corrected chi connectivity index (χ0v) is 18.1. The molecule has 6 nitrogen and oxygen atoms in total. The largest absolute Gasteiger partial charge is 0.506 e. The summed E-state index contributed by atoms with van der Waals surface area (Å²) in [5.41, 5.74) is 1.33. The first-order chi connectivity index (χ1) is 15.6. The third-order valence-corrected chi connectivity index (χ3v) is 5.42. The van der Waals surface area contributed by atoms with Crippen molar-refractivity contribution in [1.29, 1.82) is 0 Å². The Bertz CT molecular complexity index is 1030. The summed E-state index contributed by atoms with van der Waals surface area (Å²) in [6.45, 7) is 1.78. The Morgan fingerprint density at radius 3 is 2.59 bits per heavy atom. The van der Waals surface area contributed by atoms with Crippen LogP contribution in [0.3, 0.4) is 0 Å². The van der Waals surface area contributed by atoms with E-state index in [0.717, 1.165) is 32.2 Å². The first-order valence-corrected chi connectivity index (χ1v) is 11.1. The van der Waals surface area contributed by atoms with Gasteiger partial charge in [0.05, 0.1) is 18.2 Å². The number of unbranched alkanes of at least 4 members (excludes halogenated alkanes) is 3. The molecule has 0 aliphatic heterocycles. The van der Waals surface area contributed by atoms with Crippen LogP contribution in [0.15, 0.2) is 59.4 Å². The number of phenols is 1. The Morgan fingerprint density at radius 2 is 1.78 bits per heavy atom. The lowest BCUT2D eigenvalue weighted by atomic mass is 10.0. The van der Waals surface area contributed by atoms with E-state index in [0.29, 0.717) is 35.2 Å². The topological polar surface area (TPSA) is 94.6 Å². The SMILES string of the molecule is O=c1ccc2c(C(O)CNCCCCCCOCC(F)c3ccccc3)ccc(O)c2[nH]1. The molecule has 0 aliphatic carbocycles. The van der Waals surface area contributed by atoms with Gasteiger partial charge in [-0.1, -0.05) is 49.2 Å². The van der Waals surface area contributed by atoms with Gasteiger partial charge in [0.2, 0.25) is 5.56 Å². The molecule has 0 saturated carbocycles. The van der Waals surface area contributed by atoms with E-state index >= 15 is 0 Å². The van der Waals surface area contributed by atoms with E-state index in [1.54, 1.807) is 24.3 Å². The fourth-order valence-electron chi connectivity index (χ4n) is 3.65. The van der Waals surface area contributed by atoms with Crippen LogP contribution in [0.4, 0.5) is 4.39 Å². The van der Waals surface area contributed by atoms with Crippen LogP contribution >= 0.6 is 0 Å². The molecule has 172 valence electrons. The number of aromatic hydroxyl groups is 1. The maximum absolute atomic E-state index is 14.0. The summed E-state index contributed by atoms with van der Waals surface area (Å²) in [5.74, 6) is -0.0207. The number of phenolic OH excluding ortho intramolecular Hbond substituents is 1. The molecule has 2 atom stereocenters. The van der Waals surface area contributed by atoms with Crippen LogP contribution < -0.4 is 10.9 Å². The van der Waals surface area contributed by atoms with Gasteiger partial charge in [-0.05, 0) is 42.6 Å². The van der Waals surface area contributed by atoms with E-state index in [2.05, 4.69) is 10.3 Å². The molecule has 2 unspecified atom stereocenters. The van der Waals surface area contributed by atoms with Gasteiger partial charge in [-0.25, -0.2) is 4.39 Å². The lowest BCUT2D eigenvalue weighted by Crippen LogP contribution is -2.22. The number of benzene rings is 2. The monoisotopic (exact) mass is 442 g/mol. The van der Waals surface area contributed by atoms with E-state index in [1.165, 1.54) is 12.1 Å². The van der Waals surface area contributed by atoms with Crippen LogP contribution in [0, 0.1) is 0 Å². The Balaban J connectivity index is 1.27. The molecule has 1 heterocycles. The van der Waals surface area contributed by atoms with Gasteiger partial charge in [0.1, 0.15) is 11.9 Å². The molecule has 0 aliphatic rings. The van der Waals surface area contributed by atoms with Gasteiger partial charge < -0.3 is 25.3 Å². The number of aromatic amines is 1. The quantitative estimate of drug-likeness (QED) is 0.299. The lowest BCUT2D eigenvalue weighted by molar-refractivity contribution is 0.0778. The normalized spacial score (nSPS) is 13.3. The Kier molecular flexibility index (Phi) is 9.22. The zero-order chi connectivity index (χ0) is 22.8. The second kappa shape index (κ2) is 12.3. The van der Waals surface area contributed by atoms with Crippen LogP contribution in [0.25, 0.3) is 10.9 Å². The average Bonchev–Trinajstić information content (AvgIpc) is 2.81. The molecule has 7 heteroatoms. The number of hydrogen-bond donors (Lipinski definition) is 4. The molecule has 32 heavy (non-hydrogen) atoms. The van der Waals surface area contributed by atoms with Crippen molar-refractivity contribution in [3.63, 3.8) is 0 Å². The predicted octanol–water partition coefficient (Wildman–Crippen LogP) is 4.14. The van der Waals surface area contributed by atoms with Crippen molar-refractivity contribution < 1.29 is 19.3 Å². The van der Waals surface area contributed by atoms with Crippen LogP contribution in [-0.2, 0) is 4.74 Å². The van der Waals surface area contributed by atoms with Crippen molar-refractivity contribution in [2.24, 2.45) is 0 Å². The molecule has 0 saturated heterocycles. The smallest absolute Gasteiger partial charge is 0.248 e. The fourth-order valence-corrected chi connectivity index (χ4v) is 3.65. The molecular weight excluding hydrogens is 411 g/mol. The minimum atomic E-state index is -1.09. The molecule has 3 aromatic rings. The molecule has 1 aromatic heterocycles. The third-order valence-electron chi connectivity index (χ3n) is 5.42. The summed E-state index contributed by atoms with van der Waals surface area (Å²) in [7, 11) is 0. The van der Waals surface area contributed by atoms with Crippen LogP contribution in [0.2, 0.25) is 0 Å². The van der Waals surface area contributed by atoms with E-state index in [-0.39, 0.29) is 17.9 Å². The van der Waals surface area contributed by atoms with Gasteiger partial charge in [-0.3, -0.25) is 4.79 Å². The summed E-state index contributed by atoms with van der Waals surface area (Å²) >= 11 is 0. The highest BCUT2D eigenvalue weighted by Crippen LogP contribution is 2.28. The molecular formula is C25H31FN2O4. The second-order valence-electron chi connectivity index (χ2n) is 7.87. The van der Waals surface area contributed by atoms with Crippen molar-refractivity contribution in [1.82, 2.24) is 10.3 Å². The van der Waals surface area contributed by atoms with Crippen molar-refractivity contribution in [3.05, 3.63) is 76.1 Å². The second-order valence-corrected chi connectivity index (χ2v) is 7.87. The van der Waals surface area contributed by atoms with Crippen molar-refractivity contribution in [2.75, 3.05) is 26.3 Å². The van der Waals surface area contributed by atoms with Crippen molar-refractivity contribution in [2.45, 2.75) is 38.0 Å². The number of nitrogens with one attached hydrogen (secondary N) is 2. The van der Waals surface area contributed by atoms with Gasteiger partial charge in [-0.2, -0.15) is 0 Å².